The topological polar surface area (TPSA) is 64.7 Å². The summed E-state index contributed by atoms with van der Waals surface area (Å²) in [5.41, 5.74) is 6.29. The number of hydrogen-bond donors (Lipinski definition) is 0. The summed E-state index contributed by atoms with van der Waals surface area (Å²) in [6, 6.07) is 55.3. The molecule has 0 aliphatic heterocycles. The molecular formula is C48H28N4O. The van der Waals surface area contributed by atoms with Gasteiger partial charge in [0.25, 0.3) is 0 Å². The highest BCUT2D eigenvalue weighted by Crippen LogP contribution is 2.42. The molecule has 246 valence electrons. The van der Waals surface area contributed by atoms with Gasteiger partial charge < -0.3 is 4.42 Å². The second kappa shape index (κ2) is 11.7. The molecule has 0 radical (unpaired) electrons. The van der Waals surface area contributed by atoms with Crippen molar-refractivity contribution in [2.45, 2.75) is 0 Å². The molecule has 0 bridgehead atoms. The maximum Gasteiger partial charge on any atom is 0.164 e. The van der Waals surface area contributed by atoms with Gasteiger partial charge in [-0.25, -0.2) is 15.0 Å². The fraction of sp³-hybridized carbons (Fsp3) is 0. The molecular weight excluding hydrogens is 649 g/mol. The average Bonchev–Trinajstić information content (AvgIpc) is 3.61. The van der Waals surface area contributed by atoms with Crippen molar-refractivity contribution in [3.05, 3.63) is 170 Å². The Hall–Kier alpha value is -7.24. The van der Waals surface area contributed by atoms with Crippen LogP contribution in [-0.4, -0.2) is 19.9 Å². The van der Waals surface area contributed by atoms with Crippen LogP contribution in [0.15, 0.2) is 175 Å². The SMILES string of the molecule is c1ccc2cc(-c3nc(-c4ccc5ccccc5c4)nc(-c4cc(-c5cc6ccccc6c6ccccc56)cc5oc6cnccc6c45)n3)ccc2c1. The van der Waals surface area contributed by atoms with Crippen LogP contribution in [0.4, 0.5) is 0 Å². The average molecular weight is 677 g/mol. The van der Waals surface area contributed by atoms with Gasteiger partial charge in [0, 0.05) is 33.7 Å². The minimum absolute atomic E-state index is 0.572. The lowest BCUT2D eigenvalue weighted by Gasteiger charge is -2.14. The van der Waals surface area contributed by atoms with Crippen LogP contribution >= 0.6 is 0 Å². The zero-order valence-corrected chi connectivity index (χ0v) is 28.4. The fourth-order valence-corrected chi connectivity index (χ4v) is 7.80. The molecule has 0 amide bonds. The molecule has 3 heterocycles. The summed E-state index contributed by atoms with van der Waals surface area (Å²) in [6.07, 6.45) is 3.58. The first-order valence-electron chi connectivity index (χ1n) is 17.7. The first-order chi connectivity index (χ1) is 26.2. The smallest absolute Gasteiger partial charge is 0.164 e. The highest BCUT2D eigenvalue weighted by atomic mass is 16.3. The van der Waals surface area contributed by atoms with E-state index in [-0.39, 0.29) is 0 Å². The van der Waals surface area contributed by atoms with Crippen LogP contribution in [-0.2, 0) is 0 Å². The van der Waals surface area contributed by atoms with Crippen molar-refractivity contribution >= 4 is 65.0 Å². The molecule has 53 heavy (non-hydrogen) atoms. The first kappa shape index (κ1) is 29.5. The van der Waals surface area contributed by atoms with E-state index in [4.69, 9.17) is 19.4 Å². The molecule has 11 rings (SSSR count). The second-order valence-electron chi connectivity index (χ2n) is 13.5. The van der Waals surface area contributed by atoms with Crippen LogP contribution in [0.5, 0.6) is 0 Å². The van der Waals surface area contributed by atoms with Gasteiger partial charge in [0.15, 0.2) is 23.1 Å². The minimum atomic E-state index is 0.572. The number of furan rings is 1. The van der Waals surface area contributed by atoms with E-state index in [1.165, 1.54) is 21.5 Å². The predicted molar refractivity (Wildman–Crippen MR) is 217 cm³/mol. The van der Waals surface area contributed by atoms with E-state index < -0.39 is 0 Å². The molecule has 0 unspecified atom stereocenters. The van der Waals surface area contributed by atoms with E-state index >= 15 is 0 Å². The molecule has 0 aliphatic rings. The largest absolute Gasteiger partial charge is 0.454 e. The Morgan fingerprint density at radius 1 is 0.358 bits per heavy atom. The Balaban J connectivity index is 1.22. The summed E-state index contributed by atoms with van der Waals surface area (Å²) in [7, 11) is 0. The van der Waals surface area contributed by atoms with Gasteiger partial charge in [-0.1, -0.05) is 121 Å². The Morgan fingerprint density at radius 3 is 1.64 bits per heavy atom. The van der Waals surface area contributed by atoms with E-state index in [0.29, 0.717) is 23.1 Å². The van der Waals surface area contributed by atoms with Crippen molar-refractivity contribution in [1.82, 2.24) is 19.9 Å². The minimum Gasteiger partial charge on any atom is -0.454 e. The molecule has 0 saturated heterocycles. The lowest BCUT2D eigenvalue weighted by molar-refractivity contribution is 0.667. The third kappa shape index (κ3) is 4.86. The van der Waals surface area contributed by atoms with Crippen molar-refractivity contribution in [1.29, 1.82) is 0 Å². The van der Waals surface area contributed by atoms with Gasteiger partial charge in [-0.15, -0.1) is 0 Å². The summed E-state index contributed by atoms with van der Waals surface area (Å²) in [4.78, 5) is 20.1. The van der Waals surface area contributed by atoms with Crippen LogP contribution in [0, 0.1) is 0 Å². The van der Waals surface area contributed by atoms with Crippen molar-refractivity contribution < 1.29 is 4.42 Å². The number of aromatic nitrogens is 4. The highest BCUT2D eigenvalue weighted by Gasteiger charge is 2.21. The Morgan fingerprint density at radius 2 is 0.943 bits per heavy atom. The number of pyridine rings is 1. The number of hydrogen-bond acceptors (Lipinski definition) is 5. The van der Waals surface area contributed by atoms with E-state index in [0.717, 1.165) is 65.7 Å². The number of fused-ring (bicyclic) bond motifs is 8. The molecule has 0 fully saturated rings. The summed E-state index contributed by atoms with van der Waals surface area (Å²) in [5.74, 6) is 1.78. The van der Waals surface area contributed by atoms with Crippen molar-refractivity contribution in [3.63, 3.8) is 0 Å². The predicted octanol–water partition coefficient (Wildman–Crippen LogP) is 12.4. The van der Waals surface area contributed by atoms with Crippen molar-refractivity contribution in [3.8, 4) is 45.3 Å². The van der Waals surface area contributed by atoms with Gasteiger partial charge in [-0.2, -0.15) is 0 Å². The number of benzene rings is 8. The zero-order chi connectivity index (χ0) is 34.9. The summed E-state index contributed by atoms with van der Waals surface area (Å²) >= 11 is 0. The Bertz CT molecular complexity index is 3160. The fourth-order valence-electron chi connectivity index (χ4n) is 7.80. The summed E-state index contributed by atoms with van der Waals surface area (Å²) in [6.45, 7) is 0. The third-order valence-electron chi connectivity index (χ3n) is 10.3. The van der Waals surface area contributed by atoms with Crippen molar-refractivity contribution in [2.75, 3.05) is 0 Å². The lowest BCUT2D eigenvalue weighted by atomic mass is 9.91. The standard InChI is InChI=1S/C48H28N4O/c1-3-11-31-23-34(19-17-29(31)9-1)46-50-47(35-20-18-30-10-2-4-12-32(30)24-35)52-48(51-46)42-26-36(27-43-45(42)40-21-22-49-28-44(40)53-43)41-25-33-13-5-6-14-37(33)38-15-7-8-16-39(38)41/h1-28H. The molecule has 0 saturated carbocycles. The van der Waals surface area contributed by atoms with Gasteiger partial charge in [0.05, 0.1) is 6.20 Å². The van der Waals surface area contributed by atoms with E-state index in [2.05, 4.69) is 157 Å². The molecule has 8 aromatic carbocycles. The van der Waals surface area contributed by atoms with Crippen LogP contribution < -0.4 is 0 Å². The molecule has 5 nitrogen and oxygen atoms in total. The van der Waals surface area contributed by atoms with E-state index in [1.54, 1.807) is 12.4 Å². The second-order valence-corrected chi connectivity index (χ2v) is 13.5. The monoisotopic (exact) mass is 676 g/mol. The van der Waals surface area contributed by atoms with Gasteiger partial charge in [0.2, 0.25) is 0 Å². The van der Waals surface area contributed by atoms with Gasteiger partial charge in [0.1, 0.15) is 5.58 Å². The zero-order valence-electron chi connectivity index (χ0n) is 28.4. The highest BCUT2D eigenvalue weighted by molar-refractivity contribution is 6.17. The summed E-state index contributed by atoms with van der Waals surface area (Å²) in [5, 5.41) is 11.2. The molecule has 0 spiro atoms. The quantitative estimate of drug-likeness (QED) is 0.174. The molecule has 0 atom stereocenters. The molecule has 11 aromatic rings. The number of nitrogens with zero attached hydrogens (tertiary/aromatic N) is 4. The van der Waals surface area contributed by atoms with Crippen molar-refractivity contribution in [2.24, 2.45) is 0 Å². The van der Waals surface area contributed by atoms with E-state index in [9.17, 15) is 0 Å². The van der Waals surface area contributed by atoms with Gasteiger partial charge in [-0.3, -0.25) is 4.98 Å². The summed E-state index contributed by atoms with van der Waals surface area (Å²) < 4.78 is 6.57. The Labute approximate surface area is 303 Å². The molecule has 5 heteroatoms. The first-order valence-corrected chi connectivity index (χ1v) is 17.7. The number of rotatable bonds is 4. The van der Waals surface area contributed by atoms with Gasteiger partial charge in [-0.05, 0) is 90.6 Å². The van der Waals surface area contributed by atoms with E-state index in [1.807, 2.05) is 6.07 Å². The maximum atomic E-state index is 6.57. The Kier molecular flexibility index (Phi) is 6.48. The molecule has 0 aliphatic carbocycles. The van der Waals surface area contributed by atoms with Gasteiger partial charge >= 0.3 is 0 Å². The third-order valence-corrected chi connectivity index (χ3v) is 10.3. The molecule has 0 N–H and O–H groups in total. The lowest BCUT2D eigenvalue weighted by Crippen LogP contribution is -2.01. The van der Waals surface area contributed by atoms with Crippen LogP contribution in [0.25, 0.3) is 110 Å². The van der Waals surface area contributed by atoms with Crippen LogP contribution in [0.2, 0.25) is 0 Å². The van der Waals surface area contributed by atoms with Crippen LogP contribution in [0.1, 0.15) is 0 Å². The normalized spacial score (nSPS) is 11.8. The maximum absolute atomic E-state index is 6.57. The molecule has 3 aromatic heterocycles. The van der Waals surface area contributed by atoms with Crippen LogP contribution in [0.3, 0.4) is 0 Å².